The number of nitrogens with zero attached hydrogens (tertiary/aromatic N) is 2. The number of benzene rings is 1. The van der Waals surface area contributed by atoms with Crippen LogP contribution in [0.2, 0.25) is 5.02 Å². The van der Waals surface area contributed by atoms with Crippen molar-refractivity contribution in [2.24, 2.45) is 0 Å². The Hall–Kier alpha value is -0.840. The molecule has 0 aliphatic rings. The van der Waals surface area contributed by atoms with E-state index < -0.39 is 0 Å². The Morgan fingerprint density at radius 3 is 2.94 bits per heavy atom. The van der Waals surface area contributed by atoms with Crippen LogP contribution in [0.25, 0.3) is 5.69 Å². The van der Waals surface area contributed by atoms with Crippen molar-refractivity contribution in [3.05, 3.63) is 45.1 Å². The van der Waals surface area contributed by atoms with Gasteiger partial charge in [0.2, 0.25) is 0 Å². The van der Waals surface area contributed by atoms with Gasteiger partial charge in [0, 0.05) is 17.8 Å². The monoisotopic (exact) mass is 313 g/mol. The predicted octanol–water partition coefficient (Wildman–Crippen LogP) is 3.32. The largest absolute Gasteiger partial charge is 0.314 e. The highest BCUT2D eigenvalue weighted by Gasteiger charge is 2.09. The van der Waals surface area contributed by atoms with Gasteiger partial charge in [0.05, 0.1) is 15.9 Å². The third-order valence-corrected chi connectivity index (χ3v) is 3.40. The van der Waals surface area contributed by atoms with E-state index in [0.717, 1.165) is 28.0 Å². The molecule has 0 radical (unpaired) electrons. The van der Waals surface area contributed by atoms with E-state index >= 15 is 0 Å². The minimum absolute atomic E-state index is 0.715. The van der Waals surface area contributed by atoms with Crippen molar-refractivity contribution < 1.29 is 0 Å². The second-order valence-corrected chi connectivity index (χ2v) is 5.12. The highest BCUT2D eigenvalue weighted by Crippen LogP contribution is 2.22. The molecule has 3 nitrogen and oxygen atoms in total. The molecule has 1 heterocycles. The Bertz CT molecular complexity index is 537. The summed E-state index contributed by atoms with van der Waals surface area (Å²) in [5, 5.41) is 8.32. The number of rotatable bonds is 3. The minimum atomic E-state index is 0.715. The molecule has 0 saturated heterocycles. The molecule has 0 fully saturated rings. The first-order valence-corrected chi connectivity index (χ1v) is 6.44. The summed E-state index contributed by atoms with van der Waals surface area (Å²) < 4.78 is 2.84. The maximum atomic E-state index is 6.01. The lowest BCUT2D eigenvalue weighted by Crippen LogP contribution is -2.07. The van der Waals surface area contributed by atoms with Crippen LogP contribution in [0.15, 0.2) is 28.9 Å². The molecule has 0 aliphatic heterocycles. The fourth-order valence-electron chi connectivity index (χ4n) is 1.63. The van der Waals surface area contributed by atoms with E-state index in [0.29, 0.717) is 5.02 Å². The lowest BCUT2D eigenvalue weighted by atomic mass is 10.2. The van der Waals surface area contributed by atoms with Crippen molar-refractivity contribution in [3.8, 4) is 5.69 Å². The van der Waals surface area contributed by atoms with Crippen LogP contribution in [-0.4, -0.2) is 16.8 Å². The van der Waals surface area contributed by atoms with Crippen molar-refractivity contribution in [1.29, 1.82) is 0 Å². The van der Waals surface area contributed by atoms with E-state index in [1.54, 1.807) is 0 Å². The van der Waals surface area contributed by atoms with E-state index in [9.17, 15) is 0 Å². The molecule has 0 atom stereocenters. The average molecular weight is 315 g/mol. The average Bonchev–Trinajstić information content (AvgIpc) is 2.64. The smallest absolute Gasteiger partial charge is 0.0908 e. The Kier molecular flexibility index (Phi) is 3.86. The Labute approximate surface area is 114 Å². The van der Waals surface area contributed by atoms with Gasteiger partial charge in [0.15, 0.2) is 0 Å². The topological polar surface area (TPSA) is 29.9 Å². The first-order valence-electron chi connectivity index (χ1n) is 5.27. The van der Waals surface area contributed by atoms with E-state index in [4.69, 9.17) is 11.6 Å². The molecule has 0 saturated carbocycles. The lowest BCUT2D eigenvalue weighted by molar-refractivity contribution is 0.754. The quantitative estimate of drug-likeness (QED) is 0.942. The zero-order valence-electron chi connectivity index (χ0n) is 9.67. The highest BCUT2D eigenvalue weighted by atomic mass is 79.9. The molecule has 0 amide bonds. The summed E-state index contributed by atoms with van der Waals surface area (Å²) in [4.78, 5) is 0. The molecule has 0 aliphatic carbocycles. The minimum Gasteiger partial charge on any atom is -0.314 e. The molecule has 1 aromatic carbocycles. The molecule has 0 unspecified atom stereocenters. The summed E-state index contributed by atoms with van der Waals surface area (Å²) in [6, 6.07) is 5.79. The van der Waals surface area contributed by atoms with Gasteiger partial charge in [-0.3, -0.25) is 0 Å². The second-order valence-electron chi connectivity index (χ2n) is 3.83. The third-order valence-electron chi connectivity index (χ3n) is 2.50. The van der Waals surface area contributed by atoms with Crippen LogP contribution in [-0.2, 0) is 6.54 Å². The first-order chi connectivity index (χ1) is 8.11. The third kappa shape index (κ3) is 2.70. The highest BCUT2D eigenvalue weighted by molar-refractivity contribution is 9.10. The van der Waals surface area contributed by atoms with Gasteiger partial charge < -0.3 is 5.32 Å². The van der Waals surface area contributed by atoms with Gasteiger partial charge in [-0.1, -0.05) is 17.7 Å². The van der Waals surface area contributed by atoms with Crippen LogP contribution < -0.4 is 5.32 Å². The molecule has 1 N–H and O–H groups in total. The fraction of sp³-hybridized carbons (Fsp3) is 0.250. The van der Waals surface area contributed by atoms with Gasteiger partial charge in [-0.15, -0.1) is 0 Å². The number of nitrogens with one attached hydrogen (secondary N) is 1. The Morgan fingerprint density at radius 1 is 1.47 bits per heavy atom. The standard InChI is InChI=1S/C12H13BrClN3/c1-8-3-4-9(14)5-12(8)17-7-10(13)11(16-17)6-15-2/h3-5,7,15H,6H2,1-2H3. The molecular formula is C12H13BrClN3. The zero-order chi connectivity index (χ0) is 12.4. The molecule has 2 aromatic rings. The molecule has 0 bridgehead atoms. The lowest BCUT2D eigenvalue weighted by Gasteiger charge is -2.05. The van der Waals surface area contributed by atoms with Crippen molar-refractivity contribution >= 4 is 27.5 Å². The van der Waals surface area contributed by atoms with E-state index in [1.807, 2.05) is 43.0 Å². The zero-order valence-corrected chi connectivity index (χ0v) is 12.0. The molecule has 2 rings (SSSR count). The van der Waals surface area contributed by atoms with Crippen molar-refractivity contribution in [2.45, 2.75) is 13.5 Å². The molecular weight excluding hydrogens is 302 g/mol. The number of aryl methyl sites for hydroxylation is 1. The fourth-order valence-corrected chi connectivity index (χ4v) is 2.21. The van der Waals surface area contributed by atoms with Crippen molar-refractivity contribution in [1.82, 2.24) is 15.1 Å². The Morgan fingerprint density at radius 2 is 2.24 bits per heavy atom. The molecule has 0 spiro atoms. The summed E-state index contributed by atoms with van der Waals surface area (Å²) in [5.41, 5.74) is 3.12. The number of aromatic nitrogens is 2. The van der Waals surface area contributed by atoms with Gasteiger partial charge in [-0.25, -0.2) is 4.68 Å². The van der Waals surface area contributed by atoms with Gasteiger partial charge in [-0.2, -0.15) is 5.10 Å². The van der Waals surface area contributed by atoms with Gasteiger partial charge in [0.1, 0.15) is 0 Å². The number of hydrogen-bond donors (Lipinski definition) is 1. The Balaban J connectivity index is 2.45. The van der Waals surface area contributed by atoms with Gasteiger partial charge in [0.25, 0.3) is 0 Å². The molecule has 90 valence electrons. The first kappa shape index (κ1) is 12.6. The van der Waals surface area contributed by atoms with E-state index in [2.05, 4.69) is 26.3 Å². The second kappa shape index (κ2) is 5.21. The number of halogens is 2. The van der Waals surface area contributed by atoms with Gasteiger partial charge in [-0.05, 0) is 47.6 Å². The van der Waals surface area contributed by atoms with Crippen LogP contribution in [0.3, 0.4) is 0 Å². The van der Waals surface area contributed by atoms with Crippen LogP contribution in [0.5, 0.6) is 0 Å². The van der Waals surface area contributed by atoms with Gasteiger partial charge >= 0.3 is 0 Å². The molecule has 1 aromatic heterocycles. The van der Waals surface area contributed by atoms with E-state index in [1.165, 1.54) is 0 Å². The molecule has 5 heteroatoms. The molecule has 17 heavy (non-hydrogen) atoms. The summed E-state index contributed by atoms with van der Waals surface area (Å²) in [6.07, 6.45) is 1.95. The summed E-state index contributed by atoms with van der Waals surface area (Å²) >= 11 is 9.51. The SMILES string of the molecule is CNCc1nn(-c2cc(Cl)ccc2C)cc1Br. The normalized spacial score (nSPS) is 10.8. The van der Waals surface area contributed by atoms with Crippen LogP contribution in [0.4, 0.5) is 0 Å². The van der Waals surface area contributed by atoms with E-state index in [-0.39, 0.29) is 0 Å². The van der Waals surface area contributed by atoms with Crippen LogP contribution >= 0.6 is 27.5 Å². The maximum absolute atomic E-state index is 6.01. The van der Waals surface area contributed by atoms with Crippen molar-refractivity contribution in [3.63, 3.8) is 0 Å². The summed E-state index contributed by atoms with van der Waals surface area (Å²) in [5.74, 6) is 0. The predicted molar refractivity (Wildman–Crippen MR) is 73.8 cm³/mol. The van der Waals surface area contributed by atoms with Crippen LogP contribution in [0, 0.1) is 6.92 Å². The van der Waals surface area contributed by atoms with Crippen molar-refractivity contribution in [2.75, 3.05) is 7.05 Å². The maximum Gasteiger partial charge on any atom is 0.0908 e. The summed E-state index contributed by atoms with van der Waals surface area (Å²) in [7, 11) is 1.90. The van der Waals surface area contributed by atoms with Crippen LogP contribution in [0.1, 0.15) is 11.3 Å². The number of hydrogen-bond acceptors (Lipinski definition) is 2. The summed E-state index contributed by atoms with van der Waals surface area (Å²) in [6.45, 7) is 2.77.